The fourth-order valence-corrected chi connectivity index (χ4v) is 3.54. The zero-order chi connectivity index (χ0) is 20.2. The smallest absolute Gasteiger partial charge is 0.229 e. The molecular weight excluding hydrogens is 390 g/mol. The van der Waals surface area contributed by atoms with Crippen LogP contribution in [0.25, 0.3) is 0 Å². The number of fused-ring (bicyclic) bond motifs is 1. The number of aromatic nitrogens is 2. The minimum Gasteiger partial charge on any atom is -0.486 e. The molecule has 3 aromatic rings. The molecule has 1 aliphatic rings. The van der Waals surface area contributed by atoms with Crippen LogP contribution in [0.4, 0.5) is 5.82 Å². The lowest BCUT2D eigenvalue weighted by Gasteiger charge is -2.20. The number of carbonyl (C=O) groups is 1. The molecule has 0 fully saturated rings. The Hall–Kier alpha value is -2.99. The summed E-state index contributed by atoms with van der Waals surface area (Å²) in [5.74, 6) is 1.61. The number of hydrogen-bond acceptors (Lipinski definition) is 4. The third-order valence-corrected chi connectivity index (χ3v) is 5.05. The van der Waals surface area contributed by atoms with Crippen LogP contribution < -0.4 is 14.8 Å². The van der Waals surface area contributed by atoms with E-state index in [1.807, 2.05) is 0 Å². The van der Waals surface area contributed by atoms with Gasteiger partial charge in [0.05, 0.1) is 24.2 Å². The molecule has 29 heavy (non-hydrogen) atoms. The zero-order valence-electron chi connectivity index (χ0n) is 16.2. The molecule has 2 aromatic carbocycles. The van der Waals surface area contributed by atoms with Crippen molar-refractivity contribution in [3.05, 3.63) is 70.4 Å². The van der Waals surface area contributed by atoms with Gasteiger partial charge in [0.2, 0.25) is 5.91 Å². The first kappa shape index (κ1) is 19.3. The molecule has 0 aliphatic carbocycles. The van der Waals surface area contributed by atoms with Gasteiger partial charge in [0, 0.05) is 6.07 Å². The van der Waals surface area contributed by atoms with Crippen LogP contribution in [0.5, 0.6) is 11.5 Å². The summed E-state index contributed by atoms with van der Waals surface area (Å²) in [4.78, 5) is 12.6. The molecule has 0 bridgehead atoms. The van der Waals surface area contributed by atoms with Gasteiger partial charge in [0.25, 0.3) is 0 Å². The number of carbonyl (C=O) groups excluding carboxylic acids is 1. The summed E-state index contributed by atoms with van der Waals surface area (Å²) in [6.07, 6.45) is 2.86. The minimum absolute atomic E-state index is 0.152. The molecule has 1 N–H and O–H groups in total. The van der Waals surface area contributed by atoms with Crippen molar-refractivity contribution < 1.29 is 14.3 Å². The fraction of sp³-hybridized carbons (Fsp3) is 0.273. The average Bonchev–Trinajstić information content (AvgIpc) is 3.15. The number of aryl methyl sites for hydroxylation is 1. The van der Waals surface area contributed by atoms with E-state index in [0.717, 1.165) is 17.5 Å². The van der Waals surface area contributed by atoms with E-state index in [1.165, 1.54) is 5.56 Å². The zero-order valence-corrected chi connectivity index (χ0v) is 16.9. The molecule has 0 radical (unpaired) electrons. The molecule has 0 spiro atoms. The summed E-state index contributed by atoms with van der Waals surface area (Å²) >= 11 is 6.26. The van der Waals surface area contributed by atoms with E-state index in [0.29, 0.717) is 42.1 Å². The van der Waals surface area contributed by atoms with Crippen molar-refractivity contribution in [3.8, 4) is 11.5 Å². The highest BCUT2D eigenvalue weighted by atomic mass is 35.5. The number of amides is 1. The van der Waals surface area contributed by atoms with Gasteiger partial charge in [-0.2, -0.15) is 5.10 Å². The van der Waals surface area contributed by atoms with E-state index >= 15 is 0 Å². The summed E-state index contributed by atoms with van der Waals surface area (Å²) in [6.45, 7) is 3.66. The first-order valence-corrected chi connectivity index (χ1v) is 9.97. The van der Waals surface area contributed by atoms with E-state index in [9.17, 15) is 4.79 Å². The second-order valence-electron chi connectivity index (χ2n) is 6.87. The third kappa shape index (κ3) is 4.54. The normalized spacial score (nSPS) is 12.6. The maximum absolute atomic E-state index is 12.6. The Bertz CT molecular complexity index is 1010. The highest BCUT2D eigenvalue weighted by Gasteiger charge is 2.18. The summed E-state index contributed by atoms with van der Waals surface area (Å²) in [7, 11) is 0. The van der Waals surface area contributed by atoms with Gasteiger partial charge in [-0.05, 0) is 35.2 Å². The molecule has 7 heteroatoms. The monoisotopic (exact) mass is 411 g/mol. The molecule has 0 unspecified atom stereocenters. The summed E-state index contributed by atoms with van der Waals surface area (Å²) in [5.41, 5.74) is 3.18. The second kappa shape index (κ2) is 8.57. The highest BCUT2D eigenvalue weighted by Crippen LogP contribution is 2.38. The molecule has 1 amide bonds. The highest BCUT2D eigenvalue weighted by molar-refractivity contribution is 6.32. The van der Waals surface area contributed by atoms with Gasteiger partial charge in [0.1, 0.15) is 19.0 Å². The first-order valence-electron chi connectivity index (χ1n) is 9.60. The Kier molecular flexibility index (Phi) is 5.71. The molecule has 6 nitrogen and oxygen atoms in total. The summed E-state index contributed by atoms with van der Waals surface area (Å²) in [6, 6.07) is 13.7. The van der Waals surface area contributed by atoms with Gasteiger partial charge in [-0.1, -0.05) is 42.8 Å². The van der Waals surface area contributed by atoms with Gasteiger partial charge in [0.15, 0.2) is 11.5 Å². The lowest BCUT2D eigenvalue weighted by molar-refractivity contribution is -0.115. The number of nitrogens with one attached hydrogen (secondary N) is 1. The lowest BCUT2D eigenvalue weighted by atomic mass is 10.1. The third-order valence-electron chi connectivity index (χ3n) is 4.77. The van der Waals surface area contributed by atoms with Gasteiger partial charge >= 0.3 is 0 Å². The SMILES string of the molecule is CCc1ccc(Cn2nccc2NC(=O)Cc2cc(Cl)c3c(c2)OCCO3)cc1. The summed E-state index contributed by atoms with van der Waals surface area (Å²) < 4.78 is 12.9. The number of ether oxygens (including phenoxy) is 2. The number of anilines is 1. The van der Waals surface area contributed by atoms with Crippen molar-refractivity contribution in [2.75, 3.05) is 18.5 Å². The van der Waals surface area contributed by atoms with Gasteiger partial charge in [-0.25, -0.2) is 4.68 Å². The van der Waals surface area contributed by atoms with Crippen molar-refractivity contribution in [2.24, 2.45) is 0 Å². The van der Waals surface area contributed by atoms with Gasteiger partial charge < -0.3 is 14.8 Å². The van der Waals surface area contributed by atoms with E-state index in [-0.39, 0.29) is 12.3 Å². The maximum Gasteiger partial charge on any atom is 0.229 e. The quantitative estimate of drug-likeness (QED) is 0.663. The van der Waals surface area contributed by atoms with Crippen LogP contribution in [0.1, 0.15) is 23.6 Å². The van der Waals surface area contributed by atoms with Crippen LogP contribution in [0.3, 0.4) is 0 Å². The number of nitrogens with zero attached hydrogens (tertiary/aromatic N) is 2. The molecule has 0 atom stereocenters. The minimum atomic E-state index is -0.152. The van der Waals surface area contributed by atoms with E-state index < -0.39 is 0 Å². The standard InChI is InChI=1S/C22H22ClN3O3/c1-2-15-3-5-16(6-4-15)14-26-20(7-8-24-26)25-21(27)13-17-11-18(23)22-19(12-17)28-9-10-29-22/h3-8,11-12H,2,9-10,13-14H2,1H3,(H,25,27). The van der Waals surface area contributed by atoms with Crippen LogP contribution in [-0.2, 0) is 24.2 Å². The Balaban J connectivity index is 1.43. The predicted molar refractivity (Wildman–Crippen MR) is 112 cm³/mol. The van der Waals surface area contributed by atoms with Gasteiger partial charge in [-0.3, -0.25) is 4.79 Å². The van der Waals surface area contributed by atoms with E-state index in [2.05, 4.69) is 41.6 Å². The number of rotatable bonds is 6. The molecule has 150 valence electrons. The van der Waals surface area contributed by atoms with Crippen molar-refractivity contribution in [3.63, 3.8) is 0 Å². The van der Waals surface area contributed by atoms with Crippen LogP contribution >= 0.6 is 11.6 Å². The maximum atomic E-state index is 12.6. The topological polar surface area (TPSA) is 65.4 Å². The van der Waals surface area contributed by atoms with Crippen molar-refractivity contribution in [1.82, 2.24) is 9.78 Å². The van der Waals surface area contributed by atoms with E-state index in [1.54, 1.807) is 29.1 Å². The van der Waals surface area contributed by atoms with Crippen molar-refractivity contribution in [1.29, 1.82) is 0 Å². The number of halogens is 1. The second-order valence-corrected chi connectivity index (χ2v) is 7.28. The lowest BCUT2D eigenvalue weighted by Crippen LogP contribution is -2.19. The Labute approximate surface area is 174 Å². The van der Waals surface area contributed by atoms with Crippen molar-refractivity contribution in [2.45, 2.75) is 26.3 Å². The molecule has 2 heterocycles. The van der Waals surface area contributed by atoms with Crippen molar-refractivity contribution >= 4 is 23.3 Å². The van der Waals surface area contributed by atoms with Crippen LogP contribution in [0, 0.1) is 0 Å². The number of hydrogen-bond donors (Lipinski definition) is 1. The molecule has 1 aromatic heterocycles. The Morgan fingerprint density at radius 2 is 1.86 bits per heavy atom. The molecular formula is C22H22ClN3O3. The van der Waals surface area contributed by atoms with E-state index in [4.69, 9.17) is 21.1 Å². The molecule has 1 aliphatic heterocycles. The number of benzene rings is 2. The predicted octanol–water partition coefficient (Wildman–Crippen LogP) is 4.10. The Morgan fingerprint density at radius 3 is 2.66 bits per heavy atom. The largest absolute Gasteiger partial charge is 0.486 e. The van der Waals surface area contributed by atoms with Crippen LogP contribution in [0.15, 0.2) is 48.7 Å². The Morgan fingerprint density at radius 1 is 1.10 bits per heavy atom. The summed E-state index contributed by atoms with van der Waals surface area (Å²) in [5, 5.41) is 7.71. The van der Waals surface area contributed by atoms with Crippen LogP contribution in [-0.4, -0.2) is 28.9 Å². The molecule has 4 rings (SSSR count). The average molecular weight is 412 g/mol. The molecule has 0 saturated heterocycles. The first-order chi connectivity index (χ1) is 14.1. The fourth-order valence-electron chi connectivity index (χ4n) is 3.26. The molecule has 0 saturated carbocycles. The van der Waals surface area contributed by atoms with Crippen LogP contribution in [0.2, 0.25) is 5.02 Å². The van der Waals surface area contributed by atoms with Gasteiger partial charge in [-0.15, -0.1) is 0 Å².